The number of fused-ring (bicyclic) bond motifs is 1. The molecule has 0 fully saturated rings. The first-order valence-corrected chi connectivity index (χ1v) is 6.94. The van der Waals surface area contributed by atoms with Crippen molar-refractivity contribution in [1.29, 1.82) is 0 Å². The molecule has 3 rings (SSSR count). The van der Waals surface area contributed by atoms with Crippen molar-refractivity contribution in [3.05, 3.63) is 42.5 Å². The van der Waals surface area contributed by atoms with Gasteiger partial charge in [-0.25, -0.2) is 0 Å². The first kappa shape index (κ1) is 14.0. The Morgan fingerprint density at radius 1 is 1.23 bits per heavy atom. The maximum absolute atomic E-state index is 11.9. The quantitative estimate of drug-likeness (QED) is 0.777. The zero-order valence-electron chi connectivity index (χ0n) is 12.1. The second kappa shape index (κ2) is 6.21. The highest BCUT2D eigenvalue weighted by Crippen LogP contribution is 2.24. The Hall–Kier alpha value is -2.96. The van der Waals surface area contributed by atoms with Gasteiger partial charge < -0.3 is 4.74 Å². The maximum atomic E-state index is 11.9. The number of aromatic nitrogens is 4. The molecule has 0 atom stereocenters. The summed E-state index contributed by atoms with van der Waals surface area (Å²) >= 11 is 0. The topological polar surface area (TPSA) is 81.9 Å². The van der Waals surface area contributed by atoms with Gasteiger partial charge in [-0.1, -0.05) is 41.5 Å². The van der Waals surface area contributed by atoms with Gasteiger partial charge in [0.05, 0.1) is 6.54 Å². The summed E-state index contributed by atoms with van der Waals surface area (Å²) in [6, 6.07) is 13.6. The number of hydrogen-bond donors (Lipinski definition) is 1. The van der Waals surface area contributed by atoms with Crippen LogP contribution < -0.4 is 10.1 Å². The van der Waals surface area contributed by atoms with Crippen molar-refractivity contribution in [2.75, 3.05) is 11.9 Å². The lowest BCUT2D eigenvalue weighted by atomic mass is 10.1. The molecule has 0 radical (unpaired) electrons. The summed E-state index contributed by atoms with van der Waals surface area (Å²) in [5, 5.41) is 16.0. The second-order valence-corrected chi connectivity index (χ2v) is 4.62. The number of ether oxygens (including phenoxy) is 1. The van der Waals surface area contributed by atoms with E-state index in [9.17, 15) is 4.79 Å². The number of rotatable bonds is 5. The third-order valence-corrected chi connectivity index (χ3v) is 3.10. The smallest absolute Gasteiger partial charge is 0.270 e. The van der Waals surface area contributed by atoms with Gasteiger partial charge in [0.15, 0.2) is 6.61 Å². The summed E-state index contributed by atoms with van der Waals surface area (Å²) in [5.74, 6) is 0.510. The van der Waals surface area contributed by atoms with Gasteiger partial charge >= 0.3 is 0 Å². The molecule has 112 valence electrons. The molecular formula is C15H15N5O2. The van der Waals surface area contributed by atoms with Gasteiger partial charge in [-0.3, -0.25) is 10.1 Å². The van der Waals surface area contributed by atoms with Gasteiger partial charge in [-0.2, -0.15) is 4.80 Å². The monoisotopic (exact) mass is 297 g/mol. The third kappa shape index (κ3) is 3.03. The Labute approximate surface area is 126 Å². The van der Waals surface area contributed by atoms with E-state index in [1.54, 1.807) is 0 Å². The number of carbonyl (C=O) groups excluding carboxylic acids is 1. The highest BCUT2D eigenvalue weighted by molar-refractivity contribution is 5.91. The number of nitrogens with one attached hydrogen (secondary N) is 1. The van der Waals surface area contributed by atoms with Crippen LogP contribution in [0.1, 0.15) is 6.92 Å². The Morgan fingerprint density at radius 2 is 2.05 bits per heavy atom. The molecule has 0 bridgehead atoms. The van der Waals surface area contributed by atoms with E-state index in [0.29, 0.717) is 12.3 Å². The van der Waals surface area contributed by atoms with Crippen LogP contribution in [0.4, 0.5) is 5.95 Å². The van der Waals surface area contributed by atoms with Crippen molar-refractivity contribution in [2.45, 2.75) is 13.5 Å². The van der Waals surface area contributed by atoms with Gasteiger partial charge in [0.2, 0.25) is 0 Å². The fourth-order valence-electron chi connectivity index (χ4n) is 2.05. The van der Waals surface area contributed by atoms with Crippen LogP contribution in [0.5, 0.6) is 5.75 Å². The highest BCUT2D eigenvalue weighted by atomic mass is 16.5. The molecule has 7 heteroatoms. The molecule has 0 aliphatic heterocycles. The van der Waals surface area contributed by atoms with E-state index in [2.05, 4.69) is 20.7 Å². The number of nitrogens with zero attached hydrogens (tertiary/aromatic N) is 4. The van der Waals surface area contributed by atoms with Gasteiger partial charge in [0.25, 0.3) is 11.9 Å². The molecular weight excluding hydrogens is 282 g/mol. The lowest BCUT2D eigenvalue weighted by Gasteiger charge is -2.08. The maximum Gasteiger partial charge on any atom is 0.270 e. The average Bonchev–Trinajstić information content (AvgIpc) is 3.00. The average molecular weight is 297 g/mol. The van der Waals surface area contributed by atoms with Crippen molar-refractivity contribution < 1.29 is 9.53 Å². The number of benzene rings is 2. The molecule has 3 aromatic rings. The Balaban J connectivity index is 1.65. The van der Waals surface area contributed by atoms with Crippen LogP contribution in [-0.4, -0.2) is 32.7 Å². The molecule has 0 saturated heterocycles. The lowest BCUT2D eigenvalue weighted by molar-refractivity contribution is -0.118. The first-order chi connectivity index (χ1) is 10.8. The predicted octanol–water partition coefficient (Wildman–Crippen LogP) is 1.86. The van der Waals surface area contributed by atoms with Crippen molar-refractivity contribution >= 4 is 22.6 Å². The summed E-state index contributed by atoms with van der Waals surface area (Å²) in [6.45, 7) is 2.36. The van der Waals surface area contributed by atoms with Crippen molar-refractivity contribution in [3.63, 3.8) is 0 Å². The standard InChI is InChI=1S/C15H15N5O2/c1-2-20-18-15(17-19-20)16-14(21)10-22-13-9-5-7-11-6-3-4-8-12(11)13/h3-9H,2,10H2,1H3,(H,16,18,21). The van der Waals surface area contributed by atoms with Crippen LogP contribution in [-0.2, 0) is 11.3 Å². The van der Waals surface area contributed by atoms with Crippen LogP contribution >= 0.6 is 0 Å². The normalized spacial score (nSPS) is 10.6. The van der Waals surface area contributed by atoms with E-state index >= 15 is 0 Å². The molecule has 22 heavy (non-hydrogen) atoms. The van der Waals surface area contributed by atoms with Crippen LogP contribution in [0, 0.1) is 0 Å². The number of tetrazole rings is 1. The van der Waals surface area contributed by atoms with Crippen LogP contribution in [0.2, 0.25) is 0 Å². The number of hydrogen-bond acceptors (Lipinski definition) is 5. The first-order valence-electron chi connectivity index (χ1n) is 6.94. The summed E-state index contributed by atoms with van der Waals surface area (Å²) in [4.78, 5) is 13.3. The van der Waals surface area contributed by atoms with Crippen LogP contribution in [0.25, 0.3) is 10.8 Å². The molecule has 1 N–H and O–H groups in total. The SMILES string of the molecule is CCn1nnc(NC(=O)COc2cccc3ccccc23)n1. The molecule has 0 aliphatic carbocycles. The largest absolute Gasteiger partial charge is 0.483 e. The Morgan fingerprint density at radius 3 is 2.86 bits per heavy atom. The third-order valence-electron chi connectivity index (χ3n) is 3.10. The molecule has 1 aromatic heterocycles. The summed E-state index contributed by atoms with van der Waals surface area (Å²) in [6.07, 6.45) is 0. The molecule has 0 aliphatic rings. The van der Waals surface area contributed by atoms with E-state index in [4.69, 9.17) is 4.74 Å². The van der Waals surface area contributed by atoms with E-state index in [1.807, 2.05) is 49.4 Å². The number of amides is 1. The minimum atomic E-state index is -0.330. The minimum absolute atomic E-state index is 0.116. The van der Waals surface area contributed by atoms with Crippen molar-refractivity contribution in [2.24, 2.45) is 0 Å². The van der Waals surface area contributed by atoms with E-state index in [1.165, 1.54) is 4.80 Å². The number of carbonyl (C=O) groups is 1. The summed E-state index contributed by atoms with van der Waals surface area (Å²) in [7, 11) is 0. The molecule has 1 amide bonds. The molecule has 7 nitrogen and oxygen atoms in total. The van der Waals surface area contributed by atoms with Crippen molar-refractivity contribution in [1.82, 2.24) is 20.2 Å². The van der Waals surface area contributed by atoms with Gasteiger partial charge in [0, 0.05) is 5.39 Å². The molecule has 2 aromatic carbocycles. The Kier molecular flexibility index (Phi) is 3.95. The van der Waals surface area contributed by atoms with Gasteiger partial charge in [-0.15, -0.1) is 5.10 Å². The number of aryl methyl sites for hydroxylation is 1. The summed E-state index contributed by atoms with van der Waals surface area (Å²) < 4.78 is 5.59. The minimum Gasteiger partial charge on any atom is -0.483 e. The molecule has 1 heterocycles. The zero-order chi connectivity index (χ0) is 15.4. The zero-order valence-corrected chi connectivity index (χ0v) is 12.1. The fraction of sp³-hybridized carbons (Fsp3) is 0.200. The second-order valence-electron chi connectivity index (χ2n) is 4.62. The lowest BCUT2D eigenvalue weighted by Crippen LogP contribution is -2.21. The highest BCUT2D eigenvalue weighted by Gasteiger charge is 2.09. The summed E-state index contributed by atoms with van der Waals surface area (Å²) in [5.41, 5.74) is 0. The van der Waals surface area contributed by atoms with E-state index in [-0.39, 0.29) is 18.5 Å². The fourth-order valence-corrected chi connectivity index (χ4v) is 2.05. The van der Waals surface area contributed by atoms with E-state index < -0.39 is 0 Å². The molecule has 0 saturated carbocycles. The van der Waals surface area contributed by atoms with Crippen LogP contribution in [0.15, 0.2) is 42.5 Å². The molecule has 0 spiro atoms. The van der Waals surface area contributed by atoms with Gasteiger partial charge in [-0.05, 0) is 23.6 Å². The predicted molar refractivity (Wildman–Crippen MR) is 81.6 cm³/mol. The number of anilines is 1. The Bertz CT molecular complexity index is 794. The molecule has 0 unspecified atom stereocenters. The van der Waals surface area contributed by atoms with Crippen LogP contribution in [0.3, 0.4) is 0 Å². The van der Waals surface area contributed by atoms with Gasteiger partial charge in [0.1, 0.15) is 5.75 Å². The van der Waals surface area contributed by atoms with E-state index in [0.717, 1.165) is 10.8 Å². The van der Waals surface area contributed by atoms with Crippen molar-refractivity contribution in [3.8, 4) is 5.75 Å².